The number of alkyl halides is 3. The number of hydrogen-bond acceptors (Lipinski definition) is 4. The second-order valence-corrected chi connectivity index (χ2v) is 6.61. The molecule has 1 aliphatic rings. The molecular formula is C18H18F3N3O3. The van der Waals surface area contributed by atoms with Gasteiger partial charge in [-0.2, -0.15) is 13.2 Å². The van der Waals surface area contributed by atoms with E-state index in [2.05, 4.69) is 9.97 Å². The number of Topliss-reactive ketones (excluding diaryl/α,β-unsaturated/α-hetero) is 1. The van der Waals surface area contributed by atoms with Crippen molar-refractivity contribution in [2.75, 3.05) is 13.1 Å². The van der Waals surface area contributed by atoms with E-state index in [1.807, 2.05) is 4.90 Å². The maximum atomic E-state index is 12.6. The number of nitrogens with zero attached hydrogens (tertiary/aromatic N) is 1. The van der Waals surface area contributed by atoms with Crippen LogP contribution in [0.2, 0.25) is 0 Å². The molecule has 1 atom stereocenters. The van der Waals surface area contributed by atoms with Crippen molar-refractivity contribution in [1.29, 1.82) is 0 Å². The van der Waals surface area contributed by atoms with Gasteiger partial charge in [0.05, 0.1) is 5.56 Å². The molecule has 0 aliphatic carbocycles. The van der Waals surface area contributed by atoms with Crippen LogP contribution in [-0.4, -0.2) is 33.7 Å². The number of nitrogens with one attached hydrogen (secondary N) is 2. The lowest BCUT2D eigenvalue weighted by atomic mass is 9.89. The van der Waals surface area contributed by atoms with E-state index >= 15 is 0 Å². The van der Waals surface area contributed by atoms with E-state index < -0.39 is 23.0 Å². The van der Waals surface area contributed by atoms with E-state index in [1.165, 1.54) is 18.3 Å². The van der Waals surface area contributed by atoms with Crippen molar-refractivity contribution in [3.05, 3.63) is 68.0 Å². The van der Waals surface area contributed by atoms with E-state index in [1.54, 1.807) is 0 Å². The van der Waals surface area contributed by atoms with Gasteiger partial charge >= 0.3 is 11.9 Å². The normalized spacial score (nSPS) is 18.4. The summed E-state index contributed by atoms with van der Waals surface area (Å²) in [7, 11) is 0. The summed E-state index contributed by atoms with van der Waals surface area (Å²) in [5.41, 5.74) is -1.22. The van der Waals surface area contributed by atoms with Crippen molar-refractivity contribution in [2.45, 2.75) is 25.6 Å². The fourth-order valence-electron chi connectivity index (χ4n) is 3.27. The maximum Gasteiger partial charge on any atom is 0.416 e. The predicted octanol–water partition coefficient (Wildman–Crippen LogP) is 2.18. The molecule has 0 unspecified atom stereocenters. The molecule has 1 saturated heterocycles. The third-order valence-electron chi connectivity index (χ3n) is 4.66. The summed E-state index contributed by atoms with van der Waals surface area (Å²) in [6, 6.07) is 4.23. The van der Waals surface area contributed by atoms with Crippen LogP contribution in [0.4, 0.5) is 13.2 Å². The van der Waals surface area contributed by atoms with E-state index in [9.17, 15) is 27.6 Å². The van der Waals surface area contributed by atoms with Crippen molar-refractivity contribution in [2.24, 2.45) is 5.92 Å². The van der Waals surface area contributed by atoms with E-state index in [0.717, 1.165) is 18.6 Å². The Hall–Kier alpha value is -2.68. The zero-order chi connectivity index (χ0) is 19.6. The number of halogens is 3. The number of rotatable bonds is 4. The highest BCUT2D eigenvalue weighted by Crippen LogP contribution is 2.30. The first-order valence-electron chi connectivity index (χ1n) is 8.49. The third kappa shape index (κ3) is 4.54. The molecule has 1 aromatic heterocycles. The summed E-state index contributed by atoms with van der Waals surface area (Å²) in [4.78, 5) is 42.0. The molecule has 6 nitrogen and oxygen atoms in total. The molecule has 0 bridgehead atoms. The van der Waals surface area contributed by atoms with Gasteiger partial charge in [-0.05, 0) is 31.5 Å². The first kappa shape index (κ1) is 19.1. The summed E-state index contributed by atoms with van der Waals surface area (Å²) >= 11 is 0. The predicted molar refractivity (Wildman–Crippen MR) is 91.5 cm³/mol. The Morgan fingerprint density at radius 1 is 1.19 bits per heavy atom. The molecule has 2 heterocycles. The second kappa shape index (κ2) is 7.51. The van der Waals surface area contributed by atoms with Crippen LogP contribution >= 0.6 is 0 Å². The molecule has 0 spiro atoms. The van der Waals surface area contributed by atoms with Crippen molar-refractivity contribution < 1.29 is 18.0 Å². The number of benzene rings is 1. The van der Waals surface area contributed by atoms with Crippen LogP contribution in [0.3, 0.4) is 0 Å². The number of likely N-dealkylation sites (tertiary alicyclic amines) is 1. The van der Waals surface area contributed by atoms with Gasteiger partial charge in [0.2, 0.25) is 0 Å². The topological polar surface area (TPSA) is 86.0 Å². The van der Waals surface area contributed by atoms with Gasteiger partial charge in [0.25, 0.3) is 5.56 Å². The third-order valence-corrected chi connectivity index (χ3v) is 4.66. The number of aromatic nitrogens is 2. The smallest absolute Gasteiger partial charge is 0.314 e. The highest BCUT2D eigenvalue weighted by Gasteiger charge is 2.31. The average Bonchev–Trinajstić information content (AvgIpc) is 2.63. The molecule has 27 heavy (non-hydrogen) atoms. The Kier molecular flexibility index (Phi) is 5.31. The van der Waals surface area contributed by atoms with Crippen LogP contribution < -0.4 is 11.2 Å². The quantitative estimate of drug-likeness (QED) is 0.795. The number of aromatic amines is 2. The first-order chi connectivity index (χ1) is 12.7. The molecule has 1 aliphatic heterocycles. The van der Waals surface area contributed by atoms with E-state index in [4.69, 9.17) is 0 Å². The van der Waals surface area contributed by atoms with E-state index in [0.29, 0.717) is 25.1 Å². The fourth-order valence-corrected chi connectivity index (χ4v) is 3.27. The molecule has 2 N–H and O–H groups in total. The Balaban J connectivity index is 1.69. The summed E-state index contributed by atoms with van der Waals surface area (Å²) in [5.74, 6) is -0.555. The van der Waals surface area contributed by atoms with Crippen LogP contribution in [-0.2, 0) is 12.7 Å². The van der Waals surface area contributed by atoms with Gasteiger partial charge in [0, 0.05) is 36.3 Å². The van der Waals surface area contributed by atoms with E-state index in [-0.39, 0.29) is 23.8 Å². The van der Waals surface area contributed by atoms with Crippen molar-refractivity contribution in [1.82, 2.24) is 14.9 Å². The molecule has 2 aromatic rings. The van der Waals surface area contributed by atoms with Gasteiger partial charge in [0.15, 0.2) is 5.78 Å². The zero-order valence-electron chi connectivity index (χ0n) is 14.3. The lowest BCUT2D eigenvalue weighted by molar-refractivity contribution is -0.137. The van der Waals surface area contributed by atoms with Crippen molar-refractivity contribution in [3.63, 3.8) is 0 Å². The molecular weight excluding hydrogens is 363 g/mol. The molecule has 3 rings (SSSR count). The lowest BCUT2D eigenvalue weighted by Crippen LogP contribution is -2.40. The number of ketones is 1. The van der Waals surface area contributed by atoms with Crippen LogP contribution in [0.25, 0.3) is 0 Å². The first-order valence-corrected chi connectivity index (χ1v) is 8.49. The molecule has 0 saturated carbocycles. The average molecular weight is 381 g/mol. The number of carbonyl (C=O) groups is 1. The summed E-state index contributed by atoms with van der Waals surface area (Å²) < 4.78 is 37.9. The van der Waals surface area contributed by atoms with Gasteiger partial charge in [0.1, 0.15) is 0 Å². The Morgan fingerprint density at radius 2 is 1.89 bits per heavy atom. The van der Waals surface area contributed by atoms with Crippen LogP contribution in [0, 0.1) is 5.92 Å². The minimum absolute atomic E-state index is 0.205. The minimum Gasteiger partial charge on any atom is -0.314 e. The summed E-state index contributed by atoms with van der Waals surface area (Å²) in [6.45, 7) is 1.37. The number of carbonyl (C=O) groups excluding carboxylic acids is 1. The van der Waals surface area contributed by atoms with Gasteiger partial charge in [-0.1, -0.05) is 12.1 Å². The lowest BCUT2D eigenvalue weighted by Gasteiger charge is -2.31. The van der Waals surface area contributed by atoms with Gasteiger partial charge in [-0.15, -0.1) is 0 Å². The SMILES string of the molecule is O=C(c1ccc(C(F)(F)F)cc1)[C@H]1CCCN(Cc2c[nH]c(=O)[nH]c2=O)C1. The highest BCUT2D eigenvalue weighted by atomic mass is 19.4. The number of hydrogen-bond donors (Lipinski definition) is 2. The highest BCUT2D eigenvalue weighted by molar-refractivity contribution is 5.98. The minimum atomic E-state index is -4.44. The second-order valence-electron chi connectivity index (χ2n) is 6.61. The molecule has 9 heteroatoms. The Morgan fingerprint density at radius 3 is 2.52 bits per heavy atom. The molecule has 144 valence electrons. The number of piperidine rings is 1. The summed E-state index contributed by atoms with van der Waals surface area (Å²) in [6.07, 6.45) is -1.72. The van der Waals surface area contributed by atoms with Gasteiger partial charge in [-0.3, -0.25) is 19.5 Å². The zero-order valence-corrected chi connectivity index (χ0v) is 14.3. The largest absolute Gasteiger partial charge is 0.416 e. The molecule has 1 aromatic carbocycles. The van der Waals surface area contributed by atoms with Crippen LogP contribution in [0.5, 0.6) is 0 Å². The Labute approximate surface area is 152 Å². The van der Waals surface area contributed by atoms with Gasteiger partial charge in [-0.25, -0.2) is 4.79 Å². The number of H-pyrrole nitrogens is 2. The molecule has 1 fully saturated rings. The van der Waals surface area contributed by atoms with Crippen LogP contribution in [0.1, 0.15) is 34.3 Å². The molecule has 0 amide bonds. The molecule has 0 radical (unpaired) electrons. The monoisotopic (exact) mass is 381 g/mol. The van der Waals surface area contributed by atoms with Crippen molar-refractivity contribution >= 4 is 5.78 Å². The standard InChI is InChI=1S/C18H18F3N3O3/c19-18(20,21)14-5-3-11(4-6-14)15(25)12-2-1-7-24(9-12)10-13-8-22-17(27)23-16(13)26/h3-6,8,12H,1-2,7,9-10H2,(H2,22,23,26,27)/t12-/m0/s1. The fraction of sp³-hybridized carbons (Fsp3) is 0.389. The summed E-state index contributed by atoms with van der Waals surface area (Å²) in [5, 5.41) is 0. The van der Waals surface area contributed by atoms with Gasteiger partial charge < -0.3 is 4.98 Å². The maximum absolute atomic E-state index is 12.6. The van der Waals surface area contributed by atoms with Crippen molar-refractivity contribution in [3.8, 4) is 0 Å². The Bertz CT molecular complexity index is 932. The van der Waals surface area contributed by atoms with Crippen LogP contribution in [0.15, 0.2) is 40.1 Å².